The van der Waals surface area contributed by atoms with Crippen LogP contribution in [0.25, 0.3) is 0 Å². The van der Waals surface area contributed by atoms with Gasteiger partial charge < -0.3 is 18.9 Å². The summed E-state index contributed by atoms with van der Waals surface area (Å²) in [6, 6.07) is 5.98. The number of fused-ring (bicyclic) bond motifs is 1. The largest absolute Gasteiger partial charge is 0.493 e. The molecule has 0 radical (unpaired) electrons. The number of amides is 2. The topological polar surface area (TPSA) is 90.4 Å². The molecule has 0 fully saturated rings. The van der Waals surface area contributed by atoms with Crippen molar-refractivity contribution in [3.8, 4) is 11.5 Å². The van der Waals surface area contributed by atoms with Crippen LogP contribution in [-0.4, -0.2) is 56.0 Å². The summed E-state index contributed by atoms with van der Waals surface area (Å²) < 4.78 is 21.4. The fourth-order valence-corrected chi connectivity index (χ4v) is 4.65. The van der Waals surface area contributed by atoms with Crippen LogP contribution in [0.15, 0.2) is 24.3 Å². The van der Waals surface area contributed by atoms with E-state index in [2.05, 4.69) is 4.98 Å². The highest BCUT2D eigenvalue weighted by Gasteiger charge is 2.40. The van der Waals surface area contributed by atoms with E-state index in [1.54, 1.807) is 41.0 Å². The summed E-state index contributed by atoms with van der Waals surface area (Å²) in [5.41, 5.74) is 1.91. The van der Waals surface area contributed by atoms with Crippen molar-refractivity contribution in [2.24, 2.45) is 0 Å². The van der Waals surface area contributed by atoms with E-state index in [9.17, 15) is 9.59 Å². The fourth-order valence-electron chi connectivity index (χ4n) is 4.14. The second kappa shape index (κ2) is 11.0. The van der Waals surface area contributed by atoms with Gasteiger partial charge in [-0.1, -0.05) is 23.2 Å². The molecule has 2 amide bonds. The van der Waals surface area contributed by atoms with Gasteiger partial charge in [0.05, 0.1) is 39.7 Å². The Hall–Kier alpha value is -2.91. The van der Waals surface area contributed by atoms with Crippen molar-refractivity contribution in [3.05, 3.63) is 45.7 Å². The highest BCUT2D eigenvalue weighted by atomic mass is 35.5. The molecular weight excluding hydrogens is 485 g/mol. The average molecular weight is 512 g/mol. The monoisotopic (exact) mass is 511 g/mol. The number of methoxy groups -OCH3 is 3. The zero-order valence-corrected chi connectivity index (χ0v) is 21.1. The van der Waals surface area contributed by atoms with E-state index in [0.717, 1.165) is 0 Å². The van der Waals surface area contributed by atoms with Crippen LogP contribution in [0.1, 0.15) is 37.4 Å². The summed E-state index contributed by atoms with van der Waals surface area (Å²) in [7, 11) is 4.35. The third-order valence-corrected chi connectivity index (χ3v) is 5.97. The number of benzene rings is 1. The van der Waals surface area contributed by atoms with E-state index in [1.165, 1.54) is 21.3 Å². The van der Waals surface area contributed by atoms with Crippen LogP contribution in [0.5, 0.6) is 11.5 Å². The highest BCUT2D eigenvalue weighted by molar-refractivity contribution is 6.32. The molecule has 2 aromatic rings. The maximum Gasteiger partial charge on any atom is 0.414 e. The van der Waals surface area contributed by atoms with Crippen molar-refractivity contribution in [3.63, 3.8) is 0 Å². The van der Waals surface area contributed by atoms with Gasteiger partial charge >= 0.3 is 12.2 Å². The number of carbonyl (C=O) groups is 2. The number of ether oxygens (including phenoxy) is 4. The first-order chi connectivity index (χ1) is 16.2. The van der Waals surface area contributed by atoms with Gasteiger partial charge in [0.1, 0.15) is 10.3 Å². The third-order valence-electron chi connectivity index (χ3n) is 5.58. The second-order valence-corrected chi connectivity index (χ2v) is 8.43. The zero-order valence-electron chi connectivity index (χ0n) is 19.6. The number of hydrogen-bond acceptors (Lipinski definition) is 7. The van der Waals surface area contributed by atoms with Gasteiger partial charge in [-0.15, -0.1) is 0 Å². The molecule has 0 saturated carbocycles. The lowest BCUT2D eigenvalue weighted by Crippen LogP contribution is -2.47. The molecule has 0 unspecified atom stereocenters. The molecule has 0 saturated heterocycles. The van der Waals surface area contributed by atoms with Gasteiger partial charge in [-0.3, -0.25) is 9.80 Å². The van der Waals surface area contributed by atoms with Gasteiger partial charge in [0.15, 0.2) is 11.5 Å². The van der Waals surface area contributed by atoms with Gasteiger partial charge in [-0.05, 0) is 44.0 Å². The molecule has 1 aliphatic rings. The van der Waals surface area contributed by atoms with Gasteiger partial charge in [-0.25, -0.2) is 14.6 Å². The Morgan fingerprint density at radius 2 is 1.71 bits per heavy atom. The van der Waals surface area contributed by atoms with E-state index < -0.39 is 18.2 Å². The number of hydrogen-bond donors (Lipinski definition) is 0. The molecular formula is C23H27Cl2N3O6. The van der Waals surface area contributed by atoms with E-state index in [4.69, 9.17) is 42.1 Å². The summed E-state index contributed by atoms with van der Waals surface area (Å²) in [4.78, 5) is 32.9. The Labute approximate surface area is 208 Å². The quantitative estimate of drug-likeness (QED) is 0.474. The molecule has 0 N–H and O–H groups in total. The minimum absolute atomic E-state index is 0.152. The number of aromatic nitrogens is 1. The van der Waals surface area contributed by atoms with Gasteiger partial charge in [0.25, 0.3) is 0 Å². The smallest absolute Gasteiger partial charge is 0.414 e. The Morgan fingerprint density at radius 1 is 1.09 bits per heavy atom. The highest BCUT2D eigenvalue weighted by Crippen LogP contribution is 2.46. The molecule has 3 rings (SSSR count). The SMILES string of the molecule is CCOC(=O)N1c2cc(OC)c(OC)cc2[C@@H](N(Cc2cc(Cl)nc(Cl)c2)C(=O)OC)C[C@H]1C. The minimum atomic E-state index is -0.549. The Kier molecular flexibility index (Phi) is 8.33. The lowest BCUT2D eigenvalue weighted by atomic mass is 9.90. The maximum absolute atomic E-state index is 13.0. The van der Waals surface area contributed by atoms with Crippen LogP contribution in [0.3, 0.4) is 0 Å². The zero-order chi connectivity index (χ0) is 25.0. The van der Waals surface area contributed by atoms with Crippen molar-refractivity contribution < 1.29 is 28.5 Å². The molecule has 2 heterocycles. The first-order valence-electron chi connectivity index (χ1n) is 10.6. The van der Waals surface area contributed by atoms with Gasteiger partial charge in [-0.2, -0.15) is 0 Å². The number of anilines is 1. The van der Waals surface area contributed by atoms with Crippen LogP contribution in [-0.2, 0) is 16.0 Å². The normalized spacial score (nSPS) is 17.0. The standard InChI is InChI=1S/C23H27Cl2N3O6/c1-6-34-23(30)28-13(2)7-16(15-10-18(31-3)19(32-4)11-17(15)28)27(22(29)33-5)12-14-8-20(24)26-21(25)9-14/h8-11,13,16H,6-7,12H2,1-5H3/t13-,16+/m1/s1. The molecule has 0 spiro atoms. The molecule has 2 atom stereocenters. The number of rotatable bonds is 6. The summed E-state index contributed by atoms with van der Waals surface area (Å²) in [6.45, 7) is 4.01. The van der Waals surface area contributed by atoms with E-state index in [0.29, 0.717) is 34.7 Å². The molecule has 184 valence electrons. The maximum atomic E-state index is 13.0. The van der Waals surface area contributed by atoms with Crippen LogP contribution < -0.4 is 14.4 Å². The van der Waals surface area contributed by atoms with Gasteiger partial charge in [0, 0.05) is 24.2 Å². The number of halogens is 2. The minimum Gasteiger partial charge on any atom is -0.493 e. The van der Waals surface area contributed by atoms with Crippen molar-refractivity contribution in [2.45, 2.75) is 38.9 Å². The molecule has 34 heavy (non-hydrogen) atoms. The van der Waals surface area contributed by atoms with Crippen LogP contribution in [0.2, 0.25) is 10.3 Å². The summed E-state index contributed by atoms with van der Waals surface area (Å²) in [6.07, 6.45) is -0.617. The number of carbonyl (C=O) groups excluding carboxylic acids is 2. The van der Waals surface area contributed by atoms with Crippen LogP contribution in [0, 0.1) is 0 Å². The van der Waals surface area contributed by atoms with Crippen molar-refractivity contribution in [1.82, 2.24) is 9.88 Å². The van der Waals surface area contributed by atoms with E-state index >= 15 is 0 Å². The lowest BCUT2D eigenvalue weighted by Gasteiger charge is -2.42. The van der Waals surface area contributed by atoms with Crippen LogP contribution in [0.4, 0.5) is 15.3 Å². The first-order valence-corrected chi connectivity index (χ1v) is 11.4. The Morgan fingerprint density at radius 3 is 2.26 bits per heavy atom. The van der Waals surface area contributed by atoms with Crippen molar-refractivity contribution in [1.29, 1.82) is 0 Å². The summed E-state index contributed by atoms with van der Waals surface area (Å²) in [5.74, 6) is 0.908. The predicted molar refractivity (Wildman–Crippen MR) is 128 cm³/mol. The predicted octanol–water partition coefficient (Wildman–Crippen LogP) is 5.47. The van der Waals surface area contributed by atoms with Gasteiger partial charge in [0.2, 0.25) is 0 Å². The van der Waals surface area contributed by atoms with E-state index in [-0.39, 0.29) is 29.5 Å². The molecule has 9 nitrogen and oxygen atoms in total. The van der Waals surface area contributed by atoms with E-state index in [1.807, 2.05) is 6.92 Å². The molecule has 11 heteroatoms. The Bertz CT molecular complexity index is 1050. The lowest BCUT2D eigenvalue weighted by molar-refractivity contribution is 0.0941. The molecule has 1 aliphatic heterocycles. The third kappa shape index (κ3) is 5.26. The molecule has 0 bridgehead atoms. The van der Waals surface area contributed by atoms with Crippen molar-refractivity contribution >= 4 is 41.1 Å². The summed E-state index contributed by atoms with van der Waals surface area (Å²) in [5, 5.41) is 0.425. The molecule has 1 aromatic carbocycles. The first kappa shape index (κ1) is 25.7. The number of nitrogens with zero attached hydrogens (tertiary/aromatic N) is 3. The Balaban J connectivity index is 2.15. The van der Waals surface area contributed by atoms with Crippen LogP contribution >= 0.6 is 23.2 Å². The number of pyridine rings is 1. The average Bonchev–Trinajstić information content (AvgIpc) is 2.80. The molecule has 0 aliphatic carbocycles. The second-order valence-electron chi connectivity index (χ2n) is 7.65. The molecule has 1 aromatic heterocycles. The fraction of sp³-hybridized carbons (Fsp3) is 0.435. The summed E-state index contributed by atoms with van der Waals surface area (Å²) >= 11 is 12.1. The van der Waals surface area contributed by atoms with Crippen molar-refractivity contribution in [2.75, 3.05) is 32.8 Å².